The van der Waals surface area contributed by atoms with Gasteiger partial charge in [-0.15, -0.1) is 0 Å². The molecule has 108 valence electrons. The lowest BCUT2D eigenvalue weighted by atomic mass is 9.73. The fourth-order valence-electron chi connectivity index (χ4n) is 5.02. The van der Waals surface area contributed by atoms with E-state index in [4.69, 9.17) is 0 Å². The molecule has 0 bridgehead atoms. The topological polar surface area (TPSA) is 6.48 Å². The van der Waals surface area contributed by atoms with Crippen molar-refractivity contribution in [3.63, 3.8) is 0 Å². The molecule has 0 amide bonds. The molecule has 0 aromatic heterocycles. The molecule has 19 heavy (non-hydrogen) atoms. The number of nitrogens with zero attached hydrogens (tertiary/aromatic N) is 2. The van der Waals surface area contributed by atoms with E-state index in [-0.39, 0.29) is 0 Å². The van der Waals surface area contributed by atoms with E-state index >= 15 is 0 Å². The van der Waals surface area contributed by atoms with Gasteiger partial charge in [0, 0.05) is 26.2 Å². The van der Waals surface area contributed by atoms with Crippen LogP contribution in [0.2, 0.25) is 0 Å². The summed E-state index contributed by atoms with van der Waals surface area (Å²) in [6.07, 6.45) is 10.5. The molecule has 0 aromatic rings. The SMILES string of the molecule is C1C[C@H](CN2CCCC2)[C@@H]2CN(CC3CC3)C[C@@H]2C1. The summed E-state index contributed by atoms with van der Waals surface area (Å²) in [5, 5.41) is 0. The molecular weight excluding hydrogens is 232 g/mol. The van der Waals surface area contributed by atoms with Gasteiger partial charge in [0.25, 0.3) is 0 Å². The van der Waals surface area contributed by atoms with Gasteiger partial charge < -0.3 is 9.80 Å². The number of hydrogen-bond acceptors (Lipinski definition) is 2. The predicted molar refractivity (Wildman–Crippen MR) is 79.2 cm³/mol. The van der Waals surface area contributed by atoms with Crippen LogP contribution < -0.4 is 0 Å². The summed E-state index contributed by atoms with van der Waals surface area (Å²) in [6.45, 7) is 8.53. The van der Waals surface area contributed by atoms with Crippen LogP contribution in [0.5, 0.6) is 0 Å². The van der Waals surface area contributed by atoms with E-state index in [0.717, 1.165) is 23.7 Å². The molecule has 2 saturated carbocycles. The van der Waals surface area contributed by atoms with Crippen LogP contribution in [0.3, 0.4) is 0 Å². The number of likely N-dealkylation sites (tertiary alicyclic amines) is 2. The van der Waals surface area contributed by atoms with Gasteiger partial charge >= 0.3 is 0 Å². The normalized spacial score (nSPS) is 40.7. The minimum Gasteiger partial charge on any atom is -0.303 e. The number of rotatable bonds is 4. The van der Waals surface area contributed by atoms with Crippen molar-refractivity contribution >= 4 is 0 Å². The molecule has 2 aliphatic heterocycles. The second kappa shape index (κ2) is 5.37. The molecule has 4 rings (SSSR count). The third kappa shape index (κ3) is 2.85. The minimum absolute atomic E-state index is 1.03. The molecule has 3 atom stereocenters. The summed E-state index contributed by atoms with van der Waals surface area (Å²) in [6, 6.07) is 0. The van der Waals surface area contributed by atoms with E-state index in [1.807, 2.05) is 0 Å². The van der Waals surface area contributed by atoms with Crippen LogP contribution in [0.4, 0.5) is 0 Å². The zero-order valence-corrected chi connectivity index (χ0v) is 12.4. The summed E-state index contributed by atoms with van der Waals surface area (Å²) < 4.78 is 0. The fraction of sp³-hybridized carbons (Fsp3) is 1.00. The molecule has 0 radical (unpaired) electrons. The second-order valence-corrected chi connectivity index (χ2v) is 7.78. The molecule has 4 aliphatic rings. The molecule has 0 spiro atoms. The summed E-state index contributed by atoms with van der Waals surface area (Å²) in [5.74, 6) is 4.21. The van der Waals surface area contributed by atoms with Gasteiger partial charge in [-0.3, -0.25) is 0 Å². The van der Waals surface area contributed by atoms with Crippen LogP contribution in [0.25, 0.3) is 0 Å². The third-order valence-electron chi connectivity index (χ3n) is 6.23. The average Bonchev–Trinajstić information content (AvgIpc) is 2.90. The molecule has 2 aliphatic carbocycles. The zero-order chi connectivity index (χ0) is 12.7. The van der Waals surface area contributed by atoms with E-state index in [0.29, 0.717) is 0 Å². The minimum atomic E-state index is 1.03. The Balaban J connectivity index is 1.35. The van der Waals surface area contributed by atoms with E-state index in [9.17, 15) is 0 Å². The number of hydrogen-bond donors (Lipinski definition) is 0. The van der Waals surface area contributed by atoms with Gasteiger partial charge in [-0.1, -0.05) is 6.42 Å². The maximum absolute atomic E-state index is 2.83. The van der Waals surface area contributed by atoms with Crippen molar-refractivity contribution in [1.29, 1.82) is 0 Å². The predicted octanol–water partition coefficient (Wildman–Crippen LogP) is 2.84. The van der Waals surface area contributed by atoms with Crippen molar-refractivity contribution < 1.29 is 0 Å². The number of fused-ring (bicyclic) bond motifs is 1. The second-order valence-electron chi connectivity index (χ2n) is 7.78. The Morgan fingerprint density at radius 3 is 2.37 bits per heavy atom. The van der Waals surface area contributed by atoms with Crippen LogP contribution in [0, 0.1) is 23.7 Å². The van der Waals surface area contributed by atoms with Crippen molar-refractivity contribution in [2.24, 2.45) is 23.7 Å². The quantitative estimate of drug-likeness (QED) is 0.769. The smallest absolute Gasteiger partial charge is 0.00161 e. The van der Waals surface area contributed by atoms with Crippen LogP contribution in [0.15, 0.2) is 0 Å². The van der Waals surface area contributed by atoms with Crippen LogP contribution >= 0.6 is 0 Å². The highest BCUT2D eigenvalue weighted by Crippen LogP contribution is 2.42. The van der Waals surface area contributed by atoms with Crippen molar-refractivity contribution in [3.05, 3.63) is 0 Å². The molecule has 2 heterocycles. The first-order valence-electron chi connectivity index (χ1n) is 8.83. The molecule has 0 N–H and O–H groups in total. The standard InChI is InChI=1S/C17H30N2/c1-2-9-18(8-1)11-15-4-3-5-16-12-19(13-17(15)16)10-14-6-7-14/h14-17H,1-13H2/t15-,16+,17+/m1/s1. The molecule has 0 aromatic carbocycles. The molecule has 2 saturated heterocycles. The average molecular weight is 262 g/mol. The summed E-state index contributed by atoms with van der Waals surface area (Å²) in [7, 11) is 0. The van der Waals surface area contributed by atoms with E-state index in [2.05, 4.69) is 9.80 Å². The lowest BCUT2D eigenvalue weighted by molar-refractivity contribution is 0.146. The first-order chi connectivity index (χ1) is 9.38. The maximum Gasteiger partial charge on any atom is 0.00161 e. The first-order valence-corrected chi connectivity index (χ1v) is 8.83. The van der Waals surface area contributed by atoms with E-state index in [1.54, 1.807) is 0 Å². The highest BCUT2D eigenvalue weighted by atomic mass is 15.2. The lowest BCUT2D eigenvalue weighted by Crippen LogP contribution is -2.36. The Labute approximate surface area is 118 Å². The molecule has 2 heteroatoms. The monoisotopic (exact) mass is 262 g/mol. The molecule has 4 fully saturated rings. The van der Waals surface area contributed by atoms with Crippen LogP contribution in [-0.2, 0) is 0 Å². The molecular formula is C17H30N2. The zero-order valence-electron chi connectivity index (χ0n) is 12.4. The van der Waals surface area contributed by atoms with Crippen LogP contribution in [-0.4, -0.2) is 49.1 Å². The highest BCUT2D eigenvalue weighted by Gasteiger charge is 2.41. The maximum atomic E-state index is 2.83. The third-order valence-corrected chi connectivity index (χ3v) is 6.23. The molecule has 2 nitrogen and oxygen atoms in total. The van der Waals surface area contributed by atoms with E-state index < -0.39 is 0 Å². The van der Waals surface area contributed by atoms with Crippen LogP contribution in [0.1, 0.15) is 44.9 Å². The van der Waals surface area contributed by atoms with Gasteiger partial charge in [-0.05, 0) is 75.3 Å². The Bertz CT molecular complexity index is 306. The van der Waals surface area contributed by atoms with Gasteiger partial charge in [-0.25, -0.2) is 0 Å². The lowest BCUT2D eigenvalue weighted by Gasteiger charge is -2.35. The van der Waals surface area contributed by atoms with Gasteiger partial charge in [-0.2, -0.15) is 0 Å². The Hall–Kier alpha value is -0.0800. The molecule has 0 unspecified atom stereocenters. The van der Waals surface area contributed by atoms with Crippen molar-refractivity contribution in [3.8, 4) is 0 Å². The Kier molecular flexibility index (Phi) is 3.57. The summed E-state index contributed by atoms with van der Waals surface area (Å²) in [4.78, 5) is 5.59. The largest absolute Gasteiger partial charge is 0.303 e. The summed E-state index contributed by atoms with van der Waals surface area (Å²) in [5.41, 5.74) is 0. The Morgan fingerprint density at radius 2 is 1.58 bits per heavy atom. The van der Waals surface area contributed by atoms with Gasteiger partial charge in [0.05, 0.1) is 0 Å². The van der Waals surface area contributed by atoms with Gasteiger partial charge in [0.15, 0.2) is 0 Å². The van der Waals surface area contributed by atoms with Crippen molar-refractivity contribution in [1.82, 2.24) is 9.80 Å². The van der Waals surface area contributed by atoms with E-state index in [1.165, 1.54) is 84.2 Å². The Morgan fingerprint density at radius 1 is 0.737 bits per heavy atom. The first kappa shape index (κ1) is 12.6. The van der Waals surface area contributed by atoms with Crippen molar-refractivity contribution in [2.45, 2.75) is 44.9 Å². The van der Waals surface area contributed by atoms with Gasteiger partial charge in [0.2, 0.25) is 0 Å². The highest BCUT2D eigenvalue weighted by molar-refractivity contribution is 4.94. The van der Waals surface area contributed by atoms with Gasteiger partial charge in [0.1, 0.15) is 0 Å². The fourth-order valence-corrected chi connectivity index (χ4v) is 5.02. The summed E-state index contributed by atoms with van der Waals surface area (Å²) >= 11 is 0. The van der Waals surface area contributed by atoms with Crippen molar-refractivity contribution in [2.75, 3.05) is 39.3 Å².